The Labute approximate surface area is 187 Å². The third-order valence-electron chi connectivity index (χ3n) is 4.56. The van der Waals surface area contributed by atoms with Crippen LogP contribution in [0.5, 0.6) is 23.0 Å². The Kier molecular flexibility index (Phi) is 7.88. The summed E-state index contributed by atoms with van der Waals surface area (Å²) in [6, 6.07) is 23.7. The number of methoxy groups -OCH3 is 2. The van der Waals surface area contributed by atoms with Gasteiger partial charge in [-0.2, -0.15) is 5.26 Å². The Morgan fingerprint density at radius 1 is 0.906 bits per heavy atom. The number of allylic oxidation sites excluding steroid dienone is 1. The number of carbonyl (C=O) groups is 1. The molecule has 0 aromatic heterocycles. The van der Waals surface area contributed by atoms with Crippen LogP contribution >= 0.6 is 0 Å². The van der Waals surface area contributed by atoms with Gasteiger partial charge < -0.3 is 18.9 Å². The zero-order chi connectivity index (χ0) is 22.8. The number of nitriles is 1. The lowest BCUT2D eigenvalue weighted by Gasteiger charge is -2.09. The predicted molar refractivity (Wildman–Crippen MR) is 122 cm³/mol. The zero-order valence-corrected chi connectivity index (χ0v) is 17.9. The van der Waals surface area contributed by atoms with E-state index in [1.807, 2.05) is 30.3 Å². The van der Waals surface area contributed by atoms with Crippen LogP contribution in [0.1, 0.15) is 17.5 Å². The van der Waals surface area contributed by atoms with E-state index in [9.17, 15) is 10.1 Å². The highest BCUT2D eigenvalue weighted by atomic mass is 16.5. The van der Waals surface area contributed by atoms with Gasteiger partial charge in [-0.1, -0.05) is 30.3 Å². The van der Waals surface area contributed by atoms with Crippen molar-refractivity contribution in [3.63, 3.8) is 0 Å². The van der Waals surface area contributed by atoms with Crippen LogP contribution in [0.3, 0.4) is 0 Å². The van der Waals surface area contributed by atoms with Crippen molar-refractivity contribution in [1.29, 1.82) is 5.26 Å². The smallest absolute Gasteiger partial charge is 0.314 e. The lowest BCUT2D eigenvalue weighted by Crippen LogP contribution is -2.12. The number of rotatable bonds is 9. The van der Waals surface area contributed by atoms with Crippen LogP contribution in [0.25, 0.3) is 11.6 Å². The average molecular weight is 429 g/mol. The first-order valence-electron chi connectivity index (χ1n) is 9.95. The van der Waals surface area contributed by atoms with Crippen molar-refractivity contribution in [2.75, 3.05) is 20.8 Å². The van der Waals surface area contributed by atoms with E-state index < -0.39 is 0 Å². The number of para-hydroxylation sites is 1. The lowest BCUT2D eigenvalue weighted by molar-refractivity contribution is -0.134. The maximum atomic E-state index is 12.0. The molecule has 3 aromatic rings. The number of ether oxygens (including phenoxy) is 4. The van der Waals surface area contributed by atoms with E-state index in [2.05, 4.69) is 6.07 Å². The van der Waals surface area contributed by atoms with E-state index in [0.29, 0.717) is 34.1 Å². The summed E-state index contributed by atoms with van der Waals surface area (Å²) in [5, 5.41) is 9.60. The summed E-state index contributed by atoms with van der Waals surface area (Å²) in [5.41, 5.74) is 1.97. The Morgan fingerprint density at radius 3 is 2.28 bits per heavy atom. The summed E-state index contributed by atoms with van der Waals surface area (Å²) in [4.78, 5) is 12.0. The summed E-state index contributed by atoms with van der Waals surface area (Å²) in [6.07, 6.45) is 1.88. The van der Waals surface area contributed by atoms with Gasteiger partial charge in [0.1, 0.15) is 11.5 Å². The van der Waals surface area contributed by atoms with Crippen LogP contribution in [-0.2, 0) is 4.79 Å². The minimum absolute atomic E-state index is 0.133. The average Bonchev–Trinajstić information content (AvgIpc) is 2.83. The standard InChI is InChI=1S/C26H23NO5/c1-29-24-13-10-20(17-25(24)30-2)21(18-27)16-19-8-11-23(12-9-19)32-26(28)14-15-31-22-6-4-3-5-7-22/h3-13,16-17H,14-15H2,1-2H3/b21-16-. The first kappa shape index (κ1) is 22.4. The molecule has 0 heterocycles. The molecular weight excluding hydrogens is 406 g/mol. The van der Waals surface area contributed by atoms with Gasteiger partial charge in [-0.05, 0) is 59.7 Å². The fourth-order valence-electron chi connectivity index (χ4n) is 2.93. The van der Waals surface area contributed by atoms with Crippen molar-refractivity contribution in [2.24, 2.45) is 0 Å². The largest absolute Gasteiger partial charge is 0.493 e. The minimum atomic E-state index is -0.382. The normalized spacial score (nSPS) is 10.7. The third-order valence-corrected chi connectivity index (χ3v) is 4.56. The second-order valence-corrected chi connectivity index (χ2v) is 6.69. The van der Waals surface area contributed by atoms with Crippen LogP contribution in [-0.4, -0.2) is 26.8 Å². The molecule has 0 atom stereocenters. The number of nitrogens with zero attached hydrogens (tertiary/aromatic N) is 1. The molecule has 0 aliphatic heterocycles. The monoisotopic (exact) mass is 429 g/mol. The highest BCUT2D eigenvalue weighted by Gasteiger charge is 2.09. The van der Waals surface area contributed by atoms with Gasteiger partial charge >= 0.3 is 5.97 Å². The number of hydrogen-bond acceptors (Lipinski definition) is 6. The summed E-state index contributed by atoms with van der Waals surface area (Å²) in [7, 11) is 3.11. The quantitative estimate of drug-likeness (QED) is 0.203. The van der Waals surface area contributed by atoms with Gasteiger partial charge in [0, 0.05) is 0 Å². The SMILES string of the molecule is COc1ccc(/C(C#N)=C\c2ccc(OC(=O)CCOc3ccccc3)cc2)cc1OC. The number of carbonyl (C=O) groups excluding carboxylic acids is 1. The van der Waals surface area contributed by atoms with Crippen LogP contribution < -0.4 is 18.9 Å². The molecule has 0 aliphatic rings. The van der Waals surface area contributed by atoms with Gasteiger partial charge in [-0.25, -0.2) is 0 Å². The molecule has 0 saturated heterocycles. The molecule has 6 heteroatoms. The number of benzene rings is 3. The van der Waals surface area contributed by atoms with E-state index in [1.54, 1.807) is 62.8 Å². The fourth-order valence-corrected chi connectivity index (χ4v) is 2.93. The Hall–Kier alpha value is -4.24. The Bertz CT molecular complexity index is 1120. The second kappa shape index (κ2) is 11.2. The maximum Gasteiger partial charge on any atom is 0.314 e. The molecule has 0 radical (unpaired) electrons. The molecule has 3 rings (SSSR count). The van der Waals surface area contributed by atoms with Crippen LogP contribution in [0.2, 0.25) is 0 Å². The number of esters is 1. The molecule has 0 aliphatic carbocycles. The topological polar surface area (TPSA) is 77.8 Å². The van der Waals surface area contributed by atoms with Gasteiger partial charge in [0.2, 0.25) is 0 Å². The summed E-state index contributed by atoms with van der Waals surface area (Å²) in [5.74, 6) is 1.89. The molecule has 6 nitrogen and oxygen atoms in total. The predicted octanol–water partition coefficient (Wildman–Crippen LogP) is 5.14. The zero-order valence-electron chi connectivity index (χ0n) is 17.9. The van der Waals surface area contributed by atoms with E-state index in [4.69, 9.17) is 18.9 Å². The molecule has 0 saturated carbocycles. The second-order valence-electron chi connectivity index (χ2n) is 6.69. The first-order chi connectivity index (χ1) is 15.6. The highest BCUT2D eigenvalue weighted by molar-refractivity contribution is 5.90. The van der Waals surface area contributed by atoms with Crippen LogP contribution in [0, 0.1) is 11.3 Å². The summed E-state index contributed by atoms with van der Waals surface area (Å²) >= 11 is 0. The van der Waals surface area contributed by atoms with Crippen LogP contribution in [0.4, 0.5) is 0 Å². The van der Waals surface area contributed by atoms with Crippen LogP contribution in [0.15, 0.2) is 72.8 Å². The van der Waals surface area contributed by atoms with E-state index in [1.165, 1.54) is 0 Å². The summed E-state index contributed by atoms with van der Waals surface area (Å²) < 4.78 is 21.4. The van der Waals surface area contributed by atoms with Gasteiger partial charge in [0.15, 0.2) is 11.5 Å². The van der Waals surface area contributed by atoms with Crippen molar-refractivity contribution in [3.05, 3.63) is 83.9 Å². The van der Waals surface area contributed by atoms with Gasteiger partial charge in [0.05, 0.1) is 38.9 Å². The molecule has 0 amide bonds. The molecule has 0 unspecified atom stereocenters. The van der Waals surface area contributed by atoms with Gasteiger partial charge in [0.25, 0.3) is 0 Å². The molecule has 162 valence electrons. The molecule has 3 aromatic carbocycles. The third kappa shape index (κ3) is 6.13. The van der Waals surface area contributed by atoms with Crippen molar-refractivity contribution in [3.8, 4) is 29.1 Å². The Morgan fingerprint density at radius 2 is 1.62 bits per heavy atom. The highest BCUT2D eigenvalue weighted by Crippen LogP contribution is 2.31. The van der Waals surface area contributed by atoms with Gasteiger partial charge in [-0.3, -0.25) is 4.79 Å². The van der Waals surface area contributed by atoms with E-state index in [-0.39, 0.29) is 19.0 Å². The van der Waals surface area contributed by atoms with E-state index in [0.717, 1.165) is 5.56 Å². The summed E-state index contributed by atoms with van der Waals surface area (Å²) in [6.45, 7) is 0.237. The van der Waals surface area contributed by atoms with Gasteiger partial charge in [-0.15, -0.1) is 0 Å². The minimum Gasteiger partial charge on any atom is -0.493 e. The fraction of sp³-hybridized carbons (Fsp3) is 0.154. The molecular formula is C26H23NO5. The molecule has 0 bridgehead atoms. The molecule has 0 fully saturated rings. The van der Waals surface area contributed by atoms with Crippen molar-refractivity contribution in [2.45, 2.75) is 6.42 Å². The van der Waals surface area contributed by atoms with Crippen molar-refractivity contribution < 1.29 is 23.7 Å². The molecule has 0 N–H and O–H groups in total. The molecule has 0 spiro atoms. The maximum absolute atomic E-state index is 12.0. The lowest BCUT2D eigenvalue weighted by atomic mass is 10.0. The van der Waals surface area contributed by atoms with E-state index >= 15 is 0 Å². The van der Waals surface area contributed by atoms with Crippen molar-refractivity contribution >= 4 is 17.6 Å². The Balaban J connectivity index is 1.61. The van der Waals surface area contributed by atoms with Crippen molar-refractivity contribution in [1.82, 2.24) is 0 Å². The first-order valence-corrected chi connectivity index (χ1v) is 9.95. The molecule has 32 heavy (non-hydrogen) atoms. The number of hydrogen-bond donors (Lipinski definition) is 0.